The first-order chi connectivity index (χ1) is 10.5. The van der Waals surface area contributed by atoms with Gasteiger partial charge in [-0.15, -0.1) is 0 Å². The second-order valence-electron chi connectivity index (χ2n) is 6.60. The van der Waals surface area contributed by atoms with Gasteiger partial charge >= 0.3 is 6.03 Å². The van der Waals surface area contributed by atoms with Gasteiger partial charge in [0.15, 0.2) is 0 Å². The van der Waals surface area contributed by atoms with Gasteiger partial charge in [-0.3, -0.25) is 9.69 Å². The van der Waals surface area contributed by atoms with Crippen molar-refractivity contribution < 1.29 is 9.59 Å². The summed E-state index contributed by atoms with van der Waals surface area (Å²) in [6.45, 7) is 6.47. The highest BCUT2D eigenvalue weighted by Crippen LogP contribution is 2.19. The number of nitrogens with zero attached hydrogens (tertiary/aromatic N) is 3. The molecular formula is C16H30N4O2. The van der Waals surface area contributed by atoms with Gasteiger partial charge in [0.25, 0.3) is 0 Å². The van der Waals surface area contributed by atoms with Crippen LogP contribution in [-0.4, -0.2) is 79.5 Å². The lowest BCUT2D eigenvalue weighted by atomic mass is 9.96. The fourth-order valence-electron chi connectivity index (χ4n) is 3.55. The first-order valence-corrected chi connectivity index (χ1v) is 8.51. The number of piperidine rings is 1. The van der Waals surface area contributed by atoms with E-state index < -0.39 is 0 Å². The van der Waals surface area contributed by atoms with Gasteiger partial charge in [0, 0.05) is 45.7 Å². The van der Waals surface area contributed by atoms with Crippen molar-refractivity contribution in [2.75, 3.05) is 46.8 Å². The Bertz CT molecular complexity index is 392. The third-order valence-corrected chi connectivity index (χ3v) is 4.97. The van der Waals surface area contributed by atoms with Gasteiger partial charge in [-0.05, 0) is 38.8 Å². The molecule has 0 radical (unpaired) electrons. The standard InChI is InChI=1S/C16H30N4O2/c1-4-19-9-5-6-14(19)12-17-16(22)20-10-7-13(8-11-20)15(21)18(2)3/h13-14H,4-12H2,1-3H3,(H,17,22). The lowest BCUT2D eigenvalue weighted by Gasteiger charge is -2.33. The Labute approximate surface area is 133 Å². The fourth-order valence-corrected chi connectivity index (χ4v) is 3.55. The van der Waals surface area contributed by atoms with Gasteiger partial charge < -0.3 is 15.1 Å². The third kappa shape index (κ3) is 4.12. The van der Waals surface area contributed by atoms with Crippen molar-refractivity contribution >= 4 is 11.9 Å². The van der Waals surface area contributed by atoms with E-state index in [0.717, 1.165) is 32.5 Å². The van der Waals surface area contributed by atoms with Crippen LogP contribution in [0.2, 0.25) is 0 Å². The predicted molar refractivity (Wildman–Crippen MR) is 86.7 cm³/mol. The molecule has 22 heavy (non-hydrogen) atoms. The predicted octanol–water partition coefficient (Wildman–Crippen LogP) is 0.981. The van der Waals surface area contributed by atoms with E-state index in [9.17, 15) is 9.59 Å². The van der Waals surface area contributed by atoms with E-state index in [1.54, 1.807) is 19.0 Å². The van der Waals surface area contributed by atoms with Crippen LogP contribution in [0.3, 0.4) is 0 Å². The minimum absolute atomic E-state index is 0.0266. The Morgan fingerprint density at radius 1 is 1.14 bits per heavy atom. The molecule has 0 aromatic carbocycles. The largest absolute Gasteiger partial charge is 0.349 e. The van der Waals surface area contributed by atoms with Crippen LogP contribution in [0, 0.1) is 5.92 Å². The second-order valence-corrected chi connectivity index (χ2v) is 6.60. The maximum Gasteiger partial charge on any atom is 0.317 e. The number of carbonyl (C=O) groups excluding carboxylic acids is 2. The minimum Gasteiger partial charge on any atom is -0.349 e. The number of hydrogen-bond donors (Lipinski definition) is 1. The molecule has 1 atom stereocenters. The molecule has 2 aliphatic heterocycles. The second kappa shape index (κ2) is 7.81. The topological polar surface area (TPSA) is 55.9 Å². The molecule has 2 aliphatic rings. The van der Waals surface area contributed by atoms with Gasteiger partial charge in [-0.25, -0.2) is 4.79 Å². The summed E-state index contributed by atoms with van der Waals surface area (Å²) in [5, 5.41) is 3.08. The monoisotopic (exact) mass is 310 g/mol. The van der Waals surface area contributed by atoms with E-state index in [1.807, 2.05) is 4.90 Å². The average Bonchev–Trinajstić information content (AvgIpc) is 2.99. The summed E-state index contributed by atoms with van der Waals surface area (Å²) in [6, 6.07) is 0.514. The molecular weight excluding hydrogens is 280 g/mol. The number of hydrogen-bond acceptors (Lipinski definition) is 3. The number of amides is 3. The van der Waals surface area contributed by atoms with Crippen LogP contribution in [0.5, 0.6) is 0 Å². The van der Waals surface area contributed by atoms with Gasteiger partial charge in [0.2, 0.25) is 5.91 Å². The number of rotatable bonds is 4. The zero-order valence-corrected chi connectivity index (χ0v) is 14.2. The van der Waals surface area contributed by atoms with Crippen LogP contribution < -0.4 is 5.32 Å². The summed E-state index contributed by atoms with van der Waals surface area (Å²) in [4.78, 5) is 30.1. The zero-order valence-electron chi connectivity index (χ0n) is 14.2. The molecule has 3 amide bonds. The van der Waals surface area contributed by atoms with Crippen LogP contribution in [0.1, 0.15) is 32.6 Å². The van der Waals surface area contributed by atoms with Gasteiger partial charge in [-0.2, -0.15) is 0 Å². The highest BCUT2D eigenvalue weighted by molar-refractivity contribution is 5.79. The molecule has 2 saturated heterocycles. The molecule has 126 valence electrons. The van der Waals surface area contributed by atoms with Gasteiger partial charge in [-0.1, -0.05) is 6.92 Å². The molecule has 6 nitrogen and oxygen atoms in total. The Hall–Kier alpha value is -1.30. The number of likely N-dealkylation sites (tertiary alicyclic amines) is 2. The fraction of sp³-hybridized carbons (Fsp3) is 0.875. The van der Waals surface area contributed by atoms with Crippen LogP contribution in [0.4, 0.5) is 4.79 Å². The van der Waals surface area contributed by atoms with Crippen molar-refractivity contribution in [3.63, 3.8) is 0 Å². The highest BCUT2D eigenvalue weighted by atomic mass is 16.2. The van der Waals surface area contributed by atoms with Crippen LogP contribution in [0.25, 0.3) is 0 Å². The molecule has 2 heterocycles. The van der Waals surface area contributed by atoms with Gasteiger partial charge in [0.05, 0.1) is 0 Å². The summed E-state index contributed by atoms with van der Waals surface area (Å²) in [5.74, 6) is 0.258. The van der Waals surface area contributed by atoms with Crippen molar-refractivity contribution in [2.45, 2.75) is 38.6 Å². The van der Waals surface area contributed by atoms with E-state index in [4.69, 9.17) is 0 Å². The van der Waals surface area contributed by atoms with Crippen LogP contribution in [0.15, 0.2) is 0 Å². The Morgan fingerprint density at radius 3 is 2.41 bits per heavy atom. The van der Waals surface area contributed by atoms with E-state index in [2.05, 4.69) is 17.1 Å². The summed E-state index contributed by atoms with van der Waals surface area (Å²) in [7, 11) is 3.59. The van der Waals surface area contributed by atoms with Crippen LogP contribution in [-0.2, 0) is 4.79 Å². The maximum absolute atomic E-state index is 12.3. The molecule has 0 aromatic rings. The molecule has 2 rings (SSSR count). The molecule has 1 N–H and O–H groups in total. The molecule has 2 fully saturated rings. The van der Waals surface area contributed by atoms with Crippen molar-refractivity contribution in [3.8, 4) is 0 Å². The average molecular weight is 310 g/mol. The quantitative estimate of drug-likeness (QED) is 0.842. The Morgan fingerprint density at radius 2 is 1.82 bits per heavy atom. The van der Waals surface area contributed by atoms with Crippen molar-refractivity contribution in [2.24, 2.45) is 5.92 Å². The normalized spacial score (nSPS) is 23.6. The summed E-state index contributed by atoms with van der Waals surface area (Å²) in [5.41, 5.74) is 0. The van der Waals surface area contributed by atoms with E-state index in [-0.39, 0.29) is 17.9 Å². The zero-order chi connectivity index (χ0) is 16.1. The molecule has 0 spiro atoms. The summed E-state index contributed by atoms with van der Waals surface area (Å²) >= 11 is 0. The Balaban J connectivity index is 1.72. The maximum atomic E-state index is 12.3. The molecule has 0 aliphatic carbocycles. The molecule has 1 unspecified atom stereocenters. The third-order valence-electron chi connectivity index (χ3n) is 4.97. The smallest absolute Gasteiger partial charge is 0.317 e. The van der Waals surface area contributed by atoms with E-state index >= 15 is 0 Å². The molecule has 0 bridgehead atoms. The SMILES string of the molecule is CCN1CCCC1CNC(=O)N1CCC(C(=O)N(C)C)CC1. The number of likely N-dealkylation sites (N-methyl/N-ethyl adjacent to an activating group) is 1. The lowest BCUT2D eigenvalue weighted by Crippen LogP contribution is -2.49. The number of nitrogens with one attached hydrogen (secondary N) is 1. The van der Waals surface area contributed by atoms with Crippen molar-refractivity contribution in [3.05, 3.63) is 0 Å². The molecule has 6 heteroatoms. The number of urea groups is 1. The molecule has 0 aromatic heterocycles. The van der Waals surface area contributed by atoms with Crippen molar-refractivity contribution in [1.29, 1.82) is 0 Å². The first-order valence-electron chi connectivity index (χ1n) is 8.51. The van der Waals surface area contributed by atoms with Crippen LogP contribution >= 0.6 is 0 Å². The molecule has 0 saturated carbocycles. The minimum atomic E-state index is 0.0266. The van der Waals surface area contributed by atoms with Gasteiger partial charge in [0.1, 0.15) is 0 Å². The lowest BCUT2D eigenvalue weighted by molar-refractivity contribution is -0.134. The van der Waals surface area contributed by atoms with Crippen molar-refractivity contribution in [1.82, 2.24) is 20.0 Å². The Kier molecular flexibility index (Phi) is 6.06. The summed E-state index contributed by atoms with van der Waals surface area (Å²) in [6.07, 6.45) is 3.95. The number of carbonyl (C=O) groups is 2. The summed E-state index contributed by atoms with van der Waals surface area (Å²) < 4.78 is 0. The first kappa shape index (κ1) is 17.1. The highest BCUT2D eigenvalue weighted by Gasteiger charge is 2.29. The van der Waals surface area contributed by atoms with E-state index in [0.29, 0.717) is 19.1 Å². The van der Waals surface area contributed by atoms with E-state index in [1.165, 1.54) is 12.8 Å².